The van der Waals surface area contributed by atoms with Crippen LogP contribution in [-0.4, -0.2) is 25.7 Å². The molecule has 2 aromatic carbocycles. The van der Waals surface area contributed by atoms with Gasteiger partial charge in [-0.1, -0.05) is 36.0 Å². The summed E-state index contributed by atoms with van der Waals surface area (Å²) in [4.78, 5) is 14.5. The molecule has 1 aliphatic rings. The van der Waals surface area contributed by atoms with Crippen LogP contribution in [-0.2, 0) is 4.74 Å². The van der Waals surface area contributed by atoms with Crippen LogP contribution in [0.2, 0.25) is 0 Å². The van der Waals surface area contributed by atoms with Gasteiger partial charge in [0, 0.05) is 35.2 Å². The lowest BCUT2D eigenvalue weighted by molar-refractivity contribution is 0.0642. The number of ether oxygens (including phenoxy) is 1. The third kappa shape index (κ3) is 4.30. The number of nitrogens with one attached hydrogen (secondary N) is 1. The summed E-state index contributed by atoms with van der Waals surface area (Å²) in [5.74, 6) is 0.478. The first-order valence-electron chi connectivity index (χ1n) is 8.21. The first kappa shape index (κ1) is 16.9. The van der Waals surface area contributed by atoms with Crippen molar-refractivity contribution < 1.29 is 9.53 Å². The predicted octanol–water partition coefficient (Wildman–Crippen LogP) is 3.58. The molecule has 3 N–H and O–H groups in total. The van der Waals surface area contributed by atoms with Gasteiger partial charge in [-0.05, 0) is 43.0 Å². The number of hydrogen-bond acceptors (Lipinski definition) is 4. The molecular formula is C19H22N2O2S. The number of nitrogens with two attached hydrogens (primary N) is 1. The molecule has 24 heavy (non-hydrogen) atoms. The van der Waals surface area contributed by atoms with Gasteiger partial charge >= 0.3 is 0 Å². The molecule has 1 fully saturated rings. The second-order valence-electron chi connectivity index (χ2n) is 5.90. The highest BCUT2D eigenvalue weighted by Crippen LogP contribution is 2.33. The van der Waals surface area contributed by atoms with Crippen LogP contribution in [0, 0.1) is 5.92 Å². The molecule has 0 aliphatic carbocycles. The maximum absolute atomic E-state index is 12.6. The van der Waals surface area contributed by atoms with Gasteiger partial charge in [0.2, 0.25) is 0 Å². The molecule has 0 atom stereocenters. The smallest absolute Gasteiger partial charge is 0.252 e. The van der Waals surface area contributed by atoms with E-state index in [1.165, 1.54) is 11.8 Å². The van der Waals surface area contributed by atoms with Crippen LogP contribution in [0.3, 0.4) is 0 Å². The third-order valence-electron chi connectivity index (χ3n) is 4.16. The average molecular weight is 342 g/mol. The first-order valence-corrected chi connectivity index (χ1v) is 9.03. The van der Waals surface area contributed by atoms with E-state index in [1.54, 1.807) is 0 Å². The largest absolute Gasteiger partial charge is 0.398 e. The van der Waals surface area contributed by atoms with Gasteiger partial charge in [0.15, 0.2) is 0 Å². The van der Waals surface area contributed by atoms with Crippen LogP contribution in [0.5, 0.6) is 0 Å². The molecule has 0 bridgehead atoms. The quantitative estimate of drug-likeness (QED) is 0.815. The summed E-state index contributed by atoms with van der Waals surface area (Å²) >= 11 is 1.52. The Morgan fingerprint density at radius 3 is 2.50 bits per heavy atom. The summed E-state index contributed by atoms with van der Waals surface area (Å²) in [6, 6.07) is 15.4. The molecule has 1 saturated heterocycles. The second kappa shape index (κ2) is 8.22. The number of nitrogen functional groups attached to an aromatic ring is 1. The van der Waals surface area contributed by atoms with Crippen molar-refractivity contribution in [2.45, 2.75) is 22.6 Å². The SMILES string of the molecule is Nc1ccccc1Sc1ccccc1C(=O)NCC1CCOCC1. The number of anilines is 1. The molecule has 2 aromatic rings. The Balaban J connectivity index is 1.69. The summed E-state index contributed by atoms with van der Waals surface area (Å²) in [6.07, 6.45) is 2.02. The lowest BCUT2D eigenvalue weighted by Crippen LogP contribution is -2.32. The van der Waals surface area contributed by atoms with Crippen LogP contribution in [0.4, 0.5) is 5.69 Å². The standard InChI is InChI=1S/C19H22N2O2S/c20-16-6-2-4-8-18(16)24-17-7-3-1-5-15(17)19(22)21-13-14-9-11-23-12-10-14/h1-8,14H,9-13,20H2,(H,21,22). The van der Waals surface area contributed by atoms with Gasteiger partial charge < -0.3 is 15.8 Å². The molecule has 1 aliphatic heterocycles. The highest BCUT2D eigenvalue weighted by molar-refractivity contribution is 7.99. The van der Waals surface area contributed by atoms with Crippen LogP contribution < -0.4 is 11.1 Å². The van der Waals surface area contributed by atoms with Crippen LogP contribution in [0.15, 0.2) is 58.3 Å². The number of para-hydroxylation sites is 1. The molecule has 1 amide bonds. The van der Waals surface area contributed by atoms with Crippen molar-refractivity contribution in [3.05, 3.63) is 54.1 Å². The summed E-state index contributed by atoms with van der Waals surface area (Å²) < 4.78 is 5.36. The van der Waals surface area contributed by atoms with Crippen LogP contribution >= 0.6 is 11.8 Å². The Morgan fingerprint density at radius 2 is 1.75 bits per heavy atom. The van der Waals surface area contributed by atoms with Gasteiger partial charge in [-0.3, -0.25) is 4.79 Å². The minimum Gasteiger partial charge on any atom is -0.398 e. The number of rotatable bonds is 5. The minimum absolute atomic E-state index is 0.0286. The Labute approximate surface area is 146 Å². The molecule has 0 aromatic heterocycles. The second-order valence-corrected chi connectivity index (χ2v) is 6.99. The predicted molar refractivity (Wildman–Crippen MR) is 97.3 cm³/mol. The maximum atomic E-state index is 12.6. The summed E-state index contributed by atoms with van der Waals surface area (Å²) in [6.45, 7) is 2.29. The van der Waals surface area contributed by atoms with E-state index in [0.29, 0.717) is 18.0 Å². The summed E-state index contributed by atoms with van der Waals surface area (Å²) in [7, 11) is 0. The zero-order valence-corrected chi connectivity index (χ0v) is 14.4. The Kier molecular flexibility index (Phi) is 5.77. The molecule has 4 nitrogen and oxygen atoms in total. The Morgan fingerprint density at radius 1 is 1.08 bits per heavy atom. The van der Waals surface area contributed by atoms with Gasteiger partial charge in [0.25, 0.3) is 5.91 Å². The Bertz CT molecular complexity index is 699. The molecule has 0 spiro atoms. The number of carbonyl (C=O) groups excluding carboxylic acids is 1. The van der Waals surface area contributed by atoms with E-state index in [-0.39, 0.29) is 5.91 Å². The molecule has 126 valence electrons. The number of hydrogen-bond donors (Lipinski definition) is 2. The maximum Gasteiger partial charge on any atom is 0.252 e. The van der Waals surface area contributed by atoms with E-state index in [4.69, 9.17) is 10.5 Å². The molecule has 3 rings (SSSR count). The zero-order valence-electron chi connectivity index (χ0n) is 13.5. The third-order valence-corrected chi connectivity index (χ3v) is 5.33. The molecule has 0 unspecified atom stereocenters. The van der Waals surface area contributed by atoms with Crippen molar-refractivity contribution in [3.8, 4) is 0 Å². The van der Waals surface area contributed by atoms with E-state index < -0.39 is 0 Å². The lowest BCUT2D eigenvalue weighted by atomic mass is 10.0. The fraction of sp³-hybridized carbons (Fsp3) is 0.316. The van der Waals surface area contributed by atoms with E-state index in [9.17, 15) is 4.79 Å². The fourth-order valence-electron chi connectivity index (χ4n) is 2.72. The number of carbonyl (C=O) groups is 1. The van der Waals surface area contributed by atoms with Crippen LogP contribution in [0.1, 0.15) is 23.2 Å². The lowest BCUT2D eigenvalue weighted by Gasteiger charge is -2.22. The van der Waals surface area contributed by atoms with Gasteiger partial charge in [-0.25, -0.2) is 0 Å². The van der Waals surface area contributed by atoms with Crippen molar-refractivity contribution in [1.29, 1.82) is 0 Å². The normalized spacial score (nSPS) is 15.2. The number of benzene rings is 2. The van der Waals surface area contributed by atoms with Gasteiger partial charge in [-0.15, -0.1) is 0 Å². The highest BCUT2D eigenvalue weighted by Gasteiger charge is 2.17. The fourth-order valence-corrected chi connectivity index (χ4v) is 3.70. The van der Waals surface area contributed by atoms with Gasteiger partial charge in [-0.2, -0.15) is 0 Å². The summed E-state index contributed by atoms with van der Waals surface area (Å²) in [5.41, 5.74) is 7.43. The van der Waals surface area contributed by atoms with Crippen molar-refractivity contribution in [2.24, 2.45) is 5.92 Å². The zero-order chi connectivity index (χ0) is 16.8. The van der Waals surface area contributed by atoms with E-state index in [0.717, 1.165) is 41.5 Å². The monoisotopic (exact) mass is 342 g/mol. The van der Waals surface area contributed by atoms with Crippen LogP contribution in [0.25, 0.3) is 0 Å². The van der Waals surface area contributed by atoms with E-state index >= 15 is 0 Å². The number of amides is 1. The molecule has 0 saturated carbocycles. The highest BCUT2D eigenvalue weighted by atomic mass is 32.2. The van der Waals surface area contributed by atoms with Gasteiger partial charge in [0.1, 0.15) is 0 Å². The van der Waals surface area contributed by atoms with E-state index in [1.807, 2.05) is 48.5 Å². The van der Waals surface area contributed by atoms with Crippen molar-refractivity contribution >= 4 is 23.4 Å². The molecule has 5 heteroatoms. The first-order chi connectivity index (χ1) is 11.7. The van der Waals surface area contributed by atoms with Crippen molar-refractivity contribution in [2.75, 3.05) is 25.5 Å². The molecule has 1 heterocycles. The van der Waals surface area contributed by atoms with Crippen molar-refractivity contribution in [1.82, 2.24) is 5.32 Å². The summed E-state index contributed by atoms with van der Waals surface area (Å²) in [5, 5.41) is 3.07. The van der Waals surface area contributed by atoms with Crippen molar-refractivity contribution in [3.63, 3.8) is 0 Å². The Hall–Kier alpha value is -1.98. The molecular weight excluding hydrogens is 320 g/mol. The minimum atomic E-state index is -0.0286. The molecule has 0 radical (unpaired) electrons. The van der Waals surface area contributed by atoms with Gasteiger partial charge in [0.05, 0.1) is 5.56 Å². The topological polar surface area (TPSA) is 64.4 Å². The average Bonchev–Trinajstić information content (AvgIpc) is 2.63. The van der Waals surface area contributed by atoms with E-state index in [2.05, 4.69) is 5.32 Å².